The van der Waals surface area contributed by atoms with Crippen molar-refractivity contribution in [3.8, 4) is 0 Å². The van der Waals surface area contributed by atoms with Gasteiger partial charge in [0.15, 0.2) is 11.5 Å². The first-order valence-corrected chi connectivity index (χ1v) is 5.58. The van der Waals surface area contributed by atoms with E-state index in [2.05, 4.69) is 25.7 Å². The summed E-state index contributed by atoms with van der Waals surface area (Å²) in [6.07, 6.45) is 1.62. The Hall–Kier alpha value is -2.38. The molecule has 0 aliphatic heterocycles. The van der Waals surface area contributed by atoms with Gasteiger partial charge in [-0.25, -0.2) is 0 Å². The molecule has 0 unspecified atom stereocenters. The zero-order valence-corrected chi connectivity index (χ0v) is 10.3. The largest absolute Gasteiger partial charge is 0.395 e. The van der Waals surface area contributed by atoms with Gasteiger partial charge in [-0.2, -0.15) is 5.10 Å². The van der Waals surface area contributed by atoms with Crippen LogP contribution in [0.25, 0.3) is 0 Å². The molecule has 2 rings (SSSR count). The number of H-pyrrole nitrogens is 1. The predicted molar refractivity (Wildman–Crippen MR) is 64.6 cm³/mol. The number of aromatic amines is 1. The van der Waals surface area contributed by atoms with Crippen molar-refractivity contribution < 1.29 is 4.79 Å². The molecule has 0 radical (unpaired) electrons. The van der Waals surface area contributed by atoms with Crippen molar-refractivity contribution in [1.82, 2.24) is 30.3 Å². The van der Waals surface area contributed by atoms with E-state index in [1.165, 1.54) is 0 Å². The maximum Gasteiger partial charge on any atom is 0.274 e. The highest BCUT2D eigenvalue weighted by Gasteiger charge is 2.15. The molecule has 8 heteroatoms. The molecule has 1 amide bonds. The van der Waals surface area contributed by atoms with Crippen LogP contribution in [0.15, 0.2) is 6.33 Å². The highest BCUT2D eigenvalue weighted by Crippen LogP contribution is 2.11. The fraction of sp³-hybridized carbons (Fsp3) is 0.400. The fourth-order valence-electron chi connectivity index (χ4n) is 1.53. The zero-order valence-electron chi connectivity index (χ0n) is 10.3. The van der Waals surface area contributed by atoms with Crippen molar-refractivity contribution in [2.24, 2.45) is 0 Å². The second kappa shape index (κ2) is 4.86. The molecule has 96 valence electrons. The number of amides is 1. The molecule has 0 atom stereocenters. The molecule has 2 aromatic rings. The monoisotopic (exact) mass is 249 g/mol. The van der Waals surface area contributed by atoms with Gasteiger partial charge >= 0.3 is 0 Å². The van der Waals surface area contributed by atoms with Gasteiger partial charge in [0.1, 0.15) is 6.33 Å². The average Bonchev–Trinajstić information content (AvgIpc) is 2.94. The number of hydrogen-bond donors (Lipinski definition) is 3. The van der Waals surface area contributed by atoms with Crippen molar-refractivity contribution in [3.05, 3.63) is 23.5 Å². The van der Waals surface area contributed by atoms with E-state index in [9.17, 15) is 4.79 Å². The molecule has 0 saturated carbocycles. The molecule has 0 fully saturated rings. The van der Waals surface area contributed by atoms with E-state index in [0.29, 0.717) is 17.2 Å². The molecule has 0 aliphatic carbocycles. The first-order chi connectivity index (χ1) is 8.63. The maximum absolute atomic E-state index is 11.8. The summed E-state index contributed by atoms with van der Waals surface area (Å²) in [5.41, 5.74) is 6.97. The van der Waals surface area contributed by atoms with Gasteiger partial charge in [-0.05, 0) is 13.8 Å². The molecule has 2 heterocycles. The van der Waals surface area contributed by atoms with Crippen LogP contribution in [0.5, 0.6) is 0 Å². The molecule has 8 nitrogen and oxygen atoms in total. The van der Waals surface area contributed by atoms with Crippen LogP contribution in [0.4, 0.5) is 5.69 Å². The number of aromatic nitrogens is 5. The van der Waals surface area contributed by atoms with Crippen LogP contribution in [0, 0.1) is 6.92 Å². The molecule has 0 bridgehead atoms. The lowest BCUT2D eigenvalue weighted by molar-refractivity contribution is 0.0945. The van der Waals surface area contributed by atoms with Gasteiger partial charge in [-0.15, -0.1) is 10.2 Å². The van der Waals surface area contributed by atoms with Crippen molar-refractivity contribution >= 4 is 11.6 Å². The van der Waals surface area contributed by atoms with Crippen LogP contribution in [0.1, 0.15) is 28.9 Å². The standard InChI is InChI=1S/C10H15N7O/c1-3-17-5-13-15-7(17)4-12-10(18)9-8(11)6(2)14-16-9/h5H,3-4,11H2,1-2H3,(H,12,18)(H,14,16). The summed E-state index contributed by atoms with van der Waals surface area (Å²) in [5.74, 6) is 0.360. The minimum absolute atomic E-state index is 0.204. The molecule has 18 heavy (non-hydrogen) atoms. The van der Waals surface area contributed by atoms with E-state index in [1.54, 1.807) is 13.3 Å². The van der Waals surface area contributed by atoms with Crippen LogP contribution < -0.4 is 11.1 Å². The molecule has 0 spiro atoms. The lowest BCUT2D eigenvalue weighted by Gasteiger charge is -2.04. The van der Waals surface area contributed by atoms with E-state index < -0.39 is 0 Å². The lowest BCUT2D eigenvalue weighted by atomic mass is 10.3. The number of carbonyl (C=O) groups excluding carboxylic acids is 1. The van der Waals surface area contributed by atoms with Gasteiger partial charge < -0.3 is 15.6 Å². The third-order valence-electron chi connectivity index (χ3n) is 2.65. The Morgan fingerprint density at radius 1 is 1.61 bits per heavy atom. The van der Waals surface area contributed by atoms with Crippen LogP contribution >= 0.6 is 0 Å². The van der Waals surface area contributed by atoms with E-state index in [0.717, 1.165) is 6.54 Å². The molecule has 0 aromatic carbocycles. The Balaban J connectivity index is 2.03. The average molecular weight is 249 g/mol. The van der Waals surface area contributed by atoms with E-state index in [-0.39, 0.29) is 18.1 Å². The summed E-state index contributed by atoms with van der Waals surface area (Å²) < 4.78 is 1.85. The first kappa shape index (κ1) is 12.1. The van der Waals surface area contributed by atoms with Crippen LogP contribution in [0.3, 0.4) is 0 Å². The quantitative estimate of drug-likeness (QED) is 0.696. The predicted octanol–water partition coefficient (Wildman–Crippen LogP) is -0.158. The summed E-state index contributed by atoms with van der Waals surface area (Å²) in [4.78, 5) is 11.8. The fourth-order valence-corrected chi connectivity index (χ4v) is 1.53. The van der Waals surface area contributed by atoms with E-state index in [4.69, 9.17) is 5.73 Å². The number of anilines is 1. The third-order valence-corrected chi connectivity index (χ3v) is 2.65. The van der Waals surface area contributed by atoms with Crippen molar-refractivity contribution in [2.45, 2.75) is 26.9 Å². The van der Waals surface area contributed by atoms with Crippen molar-refractivity contribution in [1.29, 1.82) is 0 Å². The second-order valence-corrected chi connectivity index (χ2v) is 3.83. The lowest BCUT2D eigenvalue weighted by Crippen LogP contribution is -2.25. The normalized spacial score (nSPS) is 10.6. The van der Waals surface area contributed by atoms with Crippen LogP contribution in [-0.2, 0) is 13.1 Å². The Morgan fingerprint density at radius 2 is 2.39 bits per heavy atom. The van der Waals surface area contributed by atoms with E-state index in [1.807, 2.05) is 11.5 Å². The number of nitrogens with one attached hydrogen (secondary N) is 2. The third kappa shape index (κ3) is 2.17. The van der Waals surface area contributed by atoms with Crippen molar-refractivity contribution in [3.63, 3.8) is 0 Å². The Kier molecular flexibility index (Phi) is 3.26. The van der Waals surface area contributed by atoms with Crippen molar-refractivity contribution in [2.75, 3.05) is 5.73 Å². The topological polar surface area (TPSA) is 115 Å². The minimum atomic E-state index is -0.331. The molecule has 0 saturated heterocycles. The number of aryl methyl sites for hydroxylation is 2. The minimum Gasteiger partial charge on any atom is -0.395 e. The number of rotatable bonds is 4. The van der Waals surface area contributed by atoms with Gasteiger partial charge in [-0.3, -0.25) is 9.89 Å². The summed E-state index contributed by atoms with van der Waals surface area (Å²) in [7, 11) is 0. The number of nitrogens with zero attached hydrogens (tertiary/aromatic N) is 4. The summed E-state index contributed by atoms with van der Waals surface area (Å²) in [5, 5.41) is 16.9. The van der Waals surface area contributed by atoms with E-state index >= 15 is 0 Å². The first-order valence-electron chi connectivity index (χ1n) is 5.58. The Bertz CT molecular complexity index is 556. The Morgan fingerprint density at radius 3 is 3.00 bits per heavy atom. The number of hydrogen-bond acceptors (Lipinski definition) is 5. The van der Waals surface area contributed by atoms with Gasteiger partial charge in [0, 0.05) is 6.54 Å². The summed E-state index contributed by atoms with van der Waals surface area (Å²) in [6, 6.07) is 0. The van der Waals surface area contributed by atoms with Gasteiger partial charge in [0.05, 0.1) is 17.9 Å². The number of nitrogens with two attached hydrogens (primary N) is 1. The Labute approximate surface area is 104 Å². The smallest absolute Gasteiger partial charge is 0.274 e. The molecular weight excluding hydrogens is 234 g/mol. The van der Waals surface area contributed by atoms with Gasteiger partial charge in [0.2, 0.25) is 0 Å². The number of carbonyl (C=O) groups is 1. The van der Waals surface area contributed by atoms with Crippen LogP contribution in [0.2, 0.25) is 0 Å². The molecular formula is C10H15N7O. The SMILES string of the molecule is CCn1cnnc1CNC(=O)c1n[nH]c(C)c1N. The highest BCUT2D eigenvalue weighted by atomic mass is 16.1. The zero-order chi connectivity index (χ0) is 13.1. The summed E-state index contributed by atoms with van der Waals surface area (Å²) in [6.45, 7) is 4.77. The molecule has 2 aromatic heterocycles. The number of nitrogen functional groups attached to an aromatic ring is 1. The van der Waals surface area contributed by atoms with Gasteiger partial charge in [-0.1, -0.05) is 0 Å². The summed E-state index contributed by atoms with van der Waals surface area (Å²) >= 11 is 0. The van der Waals surface area contributed by atoms with Crippen LogP contribution in [-0.4, -0.2) is 30.9 Å². The second-order valence-electron chi connectivity index (χ2n) is 3.83. The van der Waals surface area contributed by atoms with Gasteiger partial charge in [0.25, 0.3) is 5.91 Å². The molecule has 0 aliphatic rings. The molecule has 4 N–H and O–H groups in total. The highest BCUT2D eigenvalue weighted by molar-refractivity contribution is 5.97. The maximum atomic E-state index is 11.8.